The van der Waals surface area contributed by atoms with Crippen LogP contribution in [0.2, 0.25) is 0 Å². The average molecular weight is 465 g/mol. The summed E-state index contributed by atoms with van der Waals surface area (Å²) in [6.07, 6.45) is 3.51. The molecule has 0 aliphatic rings. The minimum absolute atomic E-state index is 0.124. The molecule has 2 amide bonds. The Hall–Kier alpha value is -4.45. The third-order valence-electron chi connectivity index (χ3n) is 5.69. The number of aryl methyl sites for hydroxylation is 2. The van der Waals surface area contributed by atoms with Crippen molar-refractivity contribution in [1.29, 1.82) is 0 Å². The molecule has 0 saturated heterocycles. The van der Waals surface area contributed by atoms with E-state index < -0.39 is 0 Å². The summed E-state index contributed by atoms with van der Waals surface area (Å²) in [5.41, 5.74) is 5.11. The average Bonchev–Trinajstić information content (AvgIpc) is 3.28. The molecule has 1 heterocycles. The lowest BCUT2D eigenvalue weighted by Crippen LogP contribution is -2.38. The summed E-state index contributed by atoms with van der Waals surface area (Å²) >= 11 is 0. The van der Waals surface area contributed by atoms with Gasteiger partial charge in [0.25, 0.3) is 5.91 Å². The van der Waals surface area contributed by atoms with Crippen molar-refractivity contribution in [3.8, 4) is 16.9 Å². The molecule has 4 aromatic rings. The SMILES string of the molecule is C=CCN(CC(=O)Nc1nc(-c2ccccc2)cn1-c1ccc(C)cc1)C(=O)c1ccccc1C. The second-order valence-corrected chi connectivity index (χ2v) is 8.36. The molecular formula is C29H28N4O2. The molecule has 6 nitrogen and oxygen atoms in total. The van der Waals surface area contributed by atoms with Crippen LogP contribution in [0.15, 0.2) is 97.7 Å². The second-order valence-electron chi connectivity index (χ2n) is 8.36. The summed E-state index contributed by atoms with van der Waals surface area (Å²) < 4.78 is 1.85. The van der Waals surface area contributed by atoms with Crippen LogP contribution in [0.5, 0.6) is 0 Å². The van der Waals surface area contributed by atoms with Crippen molar-refractivity contribution in [3.63, 3.8) is 0 Å². The van der Waals surface area contributed by atoms with E-state index in [2.05, 4.69) is 11.9 Å². The number of carbonyl (C=O) groups is 2. The molecule has 0 atom stereocenters. The van der Waals surface area contributed by atoms with Gasteiger partial charge in [-0.15, -0.1) is 6.58 Å². The number of hydrogen-bond acceptors (Lipinski definition) is 3. The van der Waals surface area contributed by atoms with E-state index >= 15 is 0 Å². The number of nitrogens with zero attached hydrogens (tertiary/aromatic N) is 3. The standard InChI is InChI=1S/C29H28N4O2/c1-4-18-32(28(35)25-13-9-8-10-22(25)3)20-27(34)31-29-30-26(23-11-6-5-7-12-23)19-33(29)24-16-14-21(2)15-17-24/h4-17,19H,1,18,20H2,2-3H3,(H,30,31,34). The Balaban J connectivity index is 1.61. The summed E-state index contributed by atoms with van der Waals surface area (Å²) in [7, 11) is 0. The highest BCUT2D eigenvalue weighted by molar-refractivity contribution is 6.00. The van der Waals surface area contributed by atoms with Gasteiger partial charge in [0.2, 0.25) is 11.9 Å². The maximum absolute atomic E-state index is 13.1. The van der Waals surface area contributed by atoms with Gasteiger partial charge in [-0.1, -0.05) is 72.3 Å². The van der Waals surface area contributed by atoms with Crippen molar-refractivity contribution in [1.82, 2.24) is 14.5 Å². The van der Waals surface area contributed by atoms with Gasteiger partial charge in [0, 0.05) is 29.6 Å². The maximum Gasteiger partial charge on any atom is 0.254 e. The van der Waals surface area contributed by atoms with E-state index in [1.54, 1.807) is 12.1 Å². The van der Waals surface area contributed by atoms with Crippen LogP contribution >= 0.6 is 0 Å². The smallest absolute Gasteiger partial charge is 0.254 e. The van der Waals surface area contributed by atoms with Crippen molar-refractivity contribution in [3.05, 3.63) is 114 Å². The Morgan fingerprint density at radius 3 is 2.34 bits per heavy atom. The summed E-state index contributed by atoms with van der Waals surface area (Å²) in [4.78, 5) is 32.4. The fourth-order valence-corrected chi connectivity index (χ4v) is 3.81. The first-order chi connectivity index (χ1) is 17.0. The number of aromatic nitrogens is 2. The van der Waals surface area contributed by atoms with Crippen molar-refractivity contribution in [2.24, 2.45) is 0 Å². The Morgan fingerprint density at radius 1 is 0.971 bits per heavy atom. The zero-order valence-corrected chi connectivity index (χ0v) is 19.9. The quantitative estimate of drug-likeness (QED) is 0.354. The second kappa shape index (κ2) is 10.7. The first-order valence-corrected chi connectivity index (χ1v) is 11.4. The monoisotopic (exact) mass is 464 g/mol. The minimum atomic E-state index is -0.340. The lowest BCUT2D eigenvalue weighted by molar-refractivity contribution is -0.116. The first kappa shape index (κ1) is 23.7. The highest BCUT2D eigenvalue weighted by atomic mass is 16.2. The summed E-state index contributed by atoms with van der Waals surface area (Å²) in [5, 5.41) is 2.91. The highest BCUT2D eigenvalue weighted by Crippen LogP contribution is 2.24. The van der Waals surface area contributed by atoms with E-state index in [9.17, 15) is 9.59 Å². The number of hydrogen-bond donors (Lipinski definition) is 1. The predicted octanol–water partition coefficient (Wildman–Crippen LogP) is 5.42. The zero-order valence-electron chi connectivity index (χ0n) is 19.9. The van der Waals surface area contributed by atoms with Crippen LogP contribution < -0.4 is 5.32 Å². The molecule has 3 aromatic carbocycles. The summed E-state index contributed by atoms with van der Waals surface area (Å²) in [5.74, 6) is -0.169. The number of amides is 2. The van der Waals surface area contributed by atoms with Gasteiger partial charge in [0.15, 0.2) is 0 Å². The topological polar surface area (TPSA) is 67.2 Å². The lowest BCUT2D eigenvalue weighted by atomic mass is 10.1. The summed E-state index contributed by atoms with van der Waals surface area (Å²) in [6.45, 7) is 7.77. The van der Waals surface area contributed by atoms with Gasteiger partial charge in [-0.2, -0.15) is 0 Å². The molecule has 0 unspecified atom stereocenters. The van der Waals surface area contributed by atoms with Gasteiger partial charge in [0.05, 0.1) is 5.69 Å². The Kier molecular flexibility index (Phi) is 7.21. The third kappa shape index (κ3) is 5.55. The molecule has 0 aliphatic carbocycles. The molecule has 0 spiro atoms. The van der Waals surface area contributed by atoms with E-state index in [0.717, 1.165) is 28.1 Å². The molecule has 4 rings (SSSR count). The Labute approximate surface area is 205 Å². The van der Waals surface area contributed by atoms with Crippen LogP contribution in [0.1, 0.15) is 21.5 Å². The zero-order chi connectivity index (χ0) is 24.8. The highest BCUT2D eigenvalue weighted by Gasteiger charge is 2.21. The third-order valence-corrected chi connectivity index (χ3v) is 5.69. The fraction of sp³-hybridized carbons (Fsp3) is 0.138. The normalized spacial score (nSPS) is 10.6. The van der Waals surface area contributed by atoms with Crippen LogP contribution in [-0.2, 0) is 4.79 Å². The number of carbonyl (C=O) groups excluding carboxylic acids is 2. The molecule has 35 heavy (non-hydrogen) atoms. The number of benzene rings is 3. The van der Waals surface area contributed by atoms with Crippen LogP contribution in [0.3, 0.4) is 0 Å². The molecule has 0 saturated carbocycles. The van der Waals surface area contributed by atoms with Gasteiger partial charge in [0.1, 0.15) is 6.54 Å². The number of anilines is 1. The fourth-order valence-electron chi connectivity index (χ4n) is 3.81. The first-order valence-electron chi connectivity index (χ1n) is 11.4. The molecule has 0 radical (unpaired) electrons. The van der Waals surface area contributed by atoms with Gasteiger partial charge in [-0.25, -0.2) is 4.98 Å². The van der Waals surface area contributed by atoms with Gasteiger partial charge >= 0.3 is 0 Å². The van der Waals surface area contributed by atoms with E-state index in [-0.39, 0.29) is 24.9 Å². The van der Waals surface area contributed by atoms with Crippen molar-refractivity contribution < 1.29 is 9.59 Å². The Bertz CT molecular complexity index is 1340. The van der Waals surface area contributed by atoms with Gasteiger partial charge in [-0.3, -0.25) is 19.5 Å². The lowest BCUT2D eigenvalue weighted by Gasteiger charge is -2.21. The number of rotatable bonds is 8. The molecule has 0 fully saturated rings. The van der Waals surface area contributed by atoms with Crippen LogP contribution in [0, 0.1) is 13.8 Å². The largest absolute Gasteiger partial charge is 0.326 e. The molecule has 176 valence electrons. The van der Waals surface area contributed by atoms with E-state index in [1.165, 1.54) is 4.90 Å². The number of imidazole rings is 1. The molecule has 1 N–H and O–H groups in total. The van der Waals surface area contributed by atoms with Crippen LogP contribution in [-0.4, -0.2) is 39.4 Å². The van der Waals surface area contributed by atoms with Gasteiger partial charge in [-0.05, 0) is 37.6 Å². The maximum atomic E-state index is 13.1. The van der Waals surface area contributed by atoms with Crippen molar-refractivity contribution in [2.45, 2.75) is 13.8 Å². The predicted molar refractivity (Wildman–Crippen MR) is 140 cm³/mol. The van der Waals surface area contributed by atoms with Crippen LogP contribution in [0.4, 0.5) is 5.95 Å². The molecule has 6 heteroatoms. The summed E-state index contributed by atoms with van der Waals surface area (Å²) in [6, 6.07) is 25.1. The molecular weight excluding hydrogens is 436 g/mol. The molecule has 0 aliphatic heterocycles. The van der Waals surface area contributed by atoms with Crippen LogP contribution in [0.25, 0.3) is 16.9 Å². The molecule has 0 bridgehead atoms. The Morgan fingerprint density at radius 2 is 1.66 bits per heavy atom. The van der Waals surface area contributed by atoms with E-state index in [1.807, 2.05) is 97.4 Å². The minimum Gasteiger partial charge on any atom is -0.326 e. The van der Waals surface area contributed by atoms with Crippen molar-refractivity contribution in [2.75, 3.05) is 18.4 Å². The van der Waals surface area contributed by atoms with Gasteiger partial charge < -0.3 is 4.90 Å². The van der Waals surface area contributed by atoms with Crippen molar-refractivity contribution >= 4 is 17.8 Å². The molecule has 1 aromatic heterocycles. The van der Waals surface area contributed by atoms with E-state index in [4.69, 9.17) is 4.98 Å². The van der Waals surface area contributed by atoms with E-state index in [0.29, 0.717) is 11.5 Å². The number of nitrogens with one attached hydrogen (secondary N) is 1.